The molecule has 1 N–H and O–H groups in total. The number of carbonyl (C=O) groups is 1. The van der Waals surface area contributed by atoms with Gasteiger partial charge in [0.05, 0.1) is 18.4 Å². The maximum atomic E-state index is 12.2. The lowest BCUT2D eigenvalue weighted by molar-refractivity contribution is -0.127. The molecular weight excluding hydrogens is 280 g/mol. The Morgan fingerprint density at radius 1 is 1.30 bits per heavy atom. The molecule has 2 fully saturated rings. The zero-order chi connectivity index (χ0) is 14.8. The topological polar surface area (TPSA) is 75.7 Å². The molecule has 0 aromatic heterocycles. The van der Waals surface area contributed by atoms with E-state index in [2.05, 4.69) is 5.32 Å². The van der Waals surface area contributed by atoms with E-state index in [9.17, 15) is 13.2 Å². The minimum absolute atomic E-state index is 0.0259. The molecule has 116 valence electrons. The molecule has 2 atom stereocenters. The molecule has 0 spiro atoms. The van der Waals surface area contributed by atoms with Gasteiger partial charge < -0.3 is 10.1 Å². The van der Waals surface area contributed by atoms with Crippen LogP contribution < -0.4 is 5.32 Å². The highest BCUT2D eigenvalue weighted by Crippen LogP contribution is 2.21. The Labute approximate surface area is 120 Å². The van der Waals surface area contributed by atoms with Gasteiger partial charge in [0.2, 0.25) is 15.9 Å². The van der Waals surface area contributed by atoms with Gasteiger partial charge in [-0.3, -0.25) is 4.79 Å². The van der Waals surface area contributed by atoms with Gasteiger partial charge in [0.25, 0.3) is 0 Å². The Balaban J connectivity index is 1.79. The first kappa shape index (κ1) is 15.7. The van der Waals surface area contributed by atoms with Crippen molar-refractivity contribution in [2.24, 2.45) is 5.92 Å². The van der Waals surface area contributed by atoms with Crippen LogP contribution in [0, 0.1) is 5.92 Å². The summed E-state index contributed by atoms with van der Waals surface area (Å²) in [4.78, 5) is 12.2. The Bertz CT molecular complexity index is 437. The SMILES string of the molecule is C[C@H](NC(=O)C1CCN(S(C)(=O)=O)CC1)[C@H]1CCCO1. The Morgan fingerprint density at radius 3 is 2.45 bits per heavy atom. The van der Waals surface area contributed by atoms with Crippen molar-refractivity contribution in [1.82, 2.24) is 9.62 Å². The summed E-state index contributed by atoms with van der Waals surface area (Å²) in [5, 5.41) is 3.01. The van der Waals surface area contributed by atoms with Gasteiger partial charge in [0.1, 0.15) is 0 Å². The molecule has 2 heterocycles. The van der Waals surface area contributed by atoms with Crippen LogP contribution in [0.15, 0.2) is 0 Å². The van der Waals surface area contributed by atoms with Crippen molar-refractivity contribution in [1.29, 1.82) is 0 Å². The summed E-state index contributed by atoms with van der Waals surface area (Å²) < 4.78 is 29.9. The second-order valence-electron chi connectivity index (χ2n) is 5.79. The minimum Gasteiger partial charge on any atom is -0.376 e. The van der Waals surface area contributed by atoms with E-state index >= 15 is 0 Å². The number of rotatable bonds is 4. The number of carbonyl (C=O) groups excluding carboxylic acids is 1. The van der Waals surface area contributed by atoms with Crippen LogP contribution in [-0.4, -0.2) is 56.7 Å². The maximum Gasteiger partial charge on any atom is 0.223 e. The van der Waals surface area contributed by atoms with Gasteiger partial charge in [0.15, 0.2) is 0 Å². The highest BCUT2D eigenvalue weighted by atomic mass is 32.2. The number of hydrogen-bond acceptors (Lipinski definition) is 4. The highest BCUT2D eigenvalue weighted by molar-refractivity contribution is 7.88. The summed E-state index contributed by atoms with van der Waals surface area (Å²) in [5.74, 6) is -0.0574. The number of nitrogens with one attached hydrogen (secondary N) is 1. The maximum absolute atomic E-state index is 12.2. The number of amides is 1. The molecule has 0 aromatic rings. The van der Waals surface area contributed by atoms with E-state index in [0.717, 1.165) is 19.4 Å². The molecular formula is C13H24N2O4S. The van der Waals surface area contributed by atoms with Crippen LogP contribution in [0.3, 0.4) is 0 Å². The Hall–Kier alpha value is -0.660. The van der Waals surface area contributed by atoms with Crippen molar-refractivity contribution in [2.45, 2.75) is 44.8 Å². The molecule has 0 bridgehead atoms. The van der Waals surface area contributed by atoms with Gasteiger partial charge >= 0.3 is 0 Å². The molecule has 0 saturated carbocycles. The molecule has 0 aliphatic carbocycles. The van der Waals surface area contributed by atoms with E-state index in [0.29, 0.717) is 25.9 Å². The minimum atomic E-state index is -3.13. The van der Waals surface area contributed by atoms with Crippen LogP contribution in [0.1, 0.15) is 32.6 Å². The predicted molar refractivity (Wildman–Crippen MR) is 75.7 cm³/mol. The van der Waals surface area contributed by atoms with Gasteiger partial charge in [-0.2, -0.15) is 0 Å². The monoisotopic (exact) mass is 304 g/mol. The van der Waals surface area contributed by atoms with Crippen molar-refractivity contribution < 1.29 is 17.9 Å². The number of piperidine rings is 1. The number of ether oxygens (including phenoxy) is 1. The fourth-order valence-electron chi connectivity index (χ4n) is 2.88. The van der Waals surface area contributed by atoms with Gasteiger partial charge in [0, 0.05) is 25.6 Å². The van der Waals surface area contributed by atoms with Gasteiger partial charge in [-0.25, -0.2) is 12.7 Å². The lowest BCUT2D eigenvalue weighted by atomic mass is 9.96. The third-order valence-electron chi connectivity index (χ3n) is 4.19. The molecule has 0 unspecified atom stereocenters. The fraction of sp³-hybridized carbons (Fsp3) is 0.923. The normalized spacial score (nSPS) is 27.4. The Kier molecular flexibility index (Phi) is 5.04. The molecule has 6 nitrogen and oxygen atoms in total. The zero-order valence-corrected chi connectivity index (χ0v) is 13.0. The summed E-state index contributed by atoms with van der Waals surface area (Å²) in [6.07, 6.45) is 4.57. The third-order valence-corrected chi connectivity index (χ3v) is 5.49. The van der Waals surface area contributed by atoms with E-state index in [1.165, 1.54) is 10.6 Å². The molecule has 0 aromatic carbocycles. The fourth-order valence-corrected chi connectivity index (χ4v) is 3.76. The van der Waals surface area contributed by atoms with Gasteiger partial charge in [-0.1, -0.05) is 0 Å². The average molecular weight is 304 g/mol. The average Bonchev–Trinajstić information content (AvgIpc) is 2.91. The molecule has 2 aliphatic rings. The van der Waals surface area contributed by atoms with E-state index in [1.54, 1.807) is 0 Å². The number of sulfonamides is 1. The summed E-state index contributed by atoms with van der Waals surface area (Å²) in [6, 6.07) is 0.0259. The molecule has 20 heavy (non-hydrogen) atoms. The molecule has 0 radical (unpaired) electrons. The standard InChI is InChI=1S/C13H24N2O4S/c1-10(12-4-3-9-19-12)14-13(16)11-5-7-15(8-6-11)20(2,17)18/h10-12H,3-9H2,1-2H3,(H,14,16)/t10-,12+/m0/s1. The predicted octanol–water partition coefficient (Wildman–Crippen LogP) is 0.342. The lowest BCUT2D eigenvalue weighted by Crippen LogP contribution is -2.47. The van der Waals surface area contributed by atoms with Crippen LogP contribution in [0.5, 0.6) is 0 Å². The first-order valence-corrected chi connectivity index (χ1v) is 9.10. The van der Waals surface area contributed by atoms with Crippen LogP contribution in [0.25, 0.3) is 0 Å². The van der Waals surface area contributed by atoms with Crippen LogP contribution in [0.2, 0.25) is 0 Å². The Morgan fingerprint density at radius 2 is 1.95 bits per heavy atom. The summed E-state index contributed by atoms with van der Waals surface area (Å²) in [5.41, 5.74) is 0. The van der Waals surface area contributed by atoms with Crippen molar-refractivity contribution in [3.05, 3.63) is 0 Å². The van der Waals surface area contributed by atoms with Gasteiger partial charge in [-0.15, -0.1) is 0 Å². The van der Waals surface area contributed by atoms with Crippen molar-refractivity contribution in [3.63, 3.8) is 0 Å². The molecule has 7 heteroatoms. The first-order valence-electron chi connectivity index (χ1n) is 7.25. The van der Waals surface area contributed by atoms with E-state index in [4.69, 9.17) is 4.74 Å². The van der Waals surface area contributed by atoms with E-state index in [1.807, 2.05) is 6.92 Å². The van der Waals surface area contributed by atoms with Crippen molar-refractivity contribution in [2.75, 3.05) is 26.0 Å². The van der Waals surface area contributed by atoms with Gasteiger partial charge in [-0.05, 0) is 32.6 Å². The summed E-state index contributed by atoms with van der Waals surface area (Å²) in [6.45, 7) is 3.62. The van der Waals surface area contributed by atoms with Crippen molar-refractivity contribution >= 4 is 15.9 Å². The molecule has 1 amide bonds. The molecule has 2 aliphatic heterocycles. The molecule has 2 rings (SSSR count). The number of hydrogen-bond donors (Lipinski definition) is 1. The second kappa shape index (κ2) is 6.41. The lowest BCUT2D eigenvalue weighted by Gasteiger charge is -2.30. The molecule has 2 saturated heterocycles. The smallest absolute Gasteiger partial charge is 0.223 e. The highest BCUT2D eigenvalue weighted by Gasteiger charge is 2.31. The van der Waals surface area contributed by atoms with E-state index < -0.39 is 10.0 Å². The third kappa shape index (κ3) is 3.93. The zero-order valence-electron chi connectivity index (χ0n) is 12.2. The quantitative estimate of drug-likeness (QED) is 0.813. The van der Waals surface area contributed by atoms with Crippen LogP contribution in [-0.2, 0) is 19.6 Å². The van der Waals surface area contributed by atoms with Crippen molar-refractivity contribution in [3.8, 4) is 0 Å². The summed E-state index contributed by atoms with van der Waals surface area (Å²) >= 11 is 0. The second-order valence-corrected chi connectivity index (χ2v) is 7.77. The van der Waals surface area contributed by atoms with Crippen LogP contribution >= 0.6 is 0 Å². The summed E-state index contributed by atoms with van der Waals surface area (Å²) in [7, 11) is -3.13. The van der Waals surface area contributed by atoms with E-state index in [-0.39, 0.29) is 24.0 Å². The number of nitrogens with zero attached hydrogens (tertiary/aromatic N) is 1. The first-order chi connectivity index (χ1) is 9.38. The largest absolute Gasteiger partial charge is 0.376 e. The van der Waals surface area contributed by atoms with Crippen LogP contribution in [0.4, 0.5) is 0 Å².